The van der Waals surface area contributed by atoms with Crippen LogP contribution in [0.1, 0.15) is 53.6 Å². The third-order valence-electron chi connectivity index (χ3n) is 6.36. The number of carbonyl (C=O) groups is 1. The van der Waals surface area contributed by atoms with Gasteiger partial charge < -0.3 is 5.32 Å². The number of hydrogen-bond acceptors (Lipinski definition) is 3. The monoisotopic (exact) mass is 476 g/mol. The van der Waals surface area contributed by atoms with E-state index < -0.39 is 10.0 Å². The van der Waals surface area contributed by atoms with E-state index in [0.29, 0.717) is 5.69 Å². The Bertz CT molecular complexity index is 1270. The van der Waals surface area contributed by atoms with E-state index in [-0.39, 0.29) is 23.4 Å². The first-order chi connectivity index (χ1) is 16.2. The summed E-state index contributed by atoms with van der Waals surface area (Å²) in [5, 5.41) is 3.01. The summed E-state index contributed by atoms with van der Waals surface area (Å²) in [5.74, 6) is -0.344. The molecule has 1 atom stereocenters. The van der Waals surface area contributed by atoms with Crippen molar-refractivity contribution in [3.63, 3.8) is 0 Å². The first-order valence-electron chi connectivity index (χ1n) is 11.8. The zero-order chi connectivity index (χ0) is 24.3. The summed E-state index contributed by atoms with van der Waals surface area (Å²) in [7, 11) is -3.92. The molecule has 0 spiro atoms. The molecule has 1 aliphatic rings. The van der Waals surface area contributed by atoms with Gasteiger partial charge in [0, 0.05) is 0 Å². The van der Waals surface area contributed by atoms with Crippen molar-refractivity contribution in [3.05, 3.63) is 94.5 Å². The van der Waals surface area contributed by atoms with Crippen molar-refractivity contribution in [2.75, 3.05) is 10.8 Å². The maximum Gasteiger partial charge on any atom is 0.264 e. The van der Waals surface area contributed by atoms with E-state index in [9.17, 15) is 13.2 Å². The lowest BCUT2D eigenvalue weighted by atomic mass is 9.89. The van der Waals surface area contributed by atoms with Gasteiger partial charge in [-0.1, -0.05) is 42.5 Å². The van der Waals surface area contributed by atoms with Crippen molar-refractivity contribution >= 4 is 21.6 Å². The first-order valence-corrected chi connectivity index (χ1v) is 13.3. The third kappa shape index (κ3) is 5.33. The summed E-state index contributed by atoms with van der Waals surface area (Å²) >= 11 is 0. The maximum absolute atomic E-state index is 13.6. The zero-order valence-corrected chi connectivity index (χ0v) is 20.9. The van der Waals surface area contributed by atoms with Gasteiger partial charge in [0.1, 0.15) is 6.54 Å². The van der Waals surface area contributed by atoms with Crippen LogP contribution in [0.3, 0.4) is 0 Å². The second-order valence-electron chi connectivity index (χ2n) is 9.20. The van der Waals surface area contributed by atoms with Gasteiger partial charge in [-0.2, -0.15) is 0 Å². The van der Waals surface area contributed by atoms with Gasteiger partial charge in [0.15, 0.2) is 0 Å². The SMILES string of the molecule is Cc1cc(C)cc(N(CC(=O)N[C@H](C)c2ccc3c(c2)CCCC3)S(=O)(=O)c2ccccc2)c1. The van der Waals surface area contributed by atoms with E-state index in [1.54, 1.807) is 42.5 Å². The lowest BCUT2D eigenvalue weighted by Gasteiger charge is -2.26. The van der Waals surface area contributed by atoms with Crippen LogP contribution in [-0.4, -0.2) is 20.9 Å². The van der Waals surface area contributed by atoms with E-state index in [1.807, 2.05) is 26.8 Å². The molecule has 0 aromatic heterocycles. The number of rotatable bonds is 7. The van der Waals surface area contributed by atoms with Crippen molar-refractivity contribution in [3.8, 4) is 0 Å². The second kappa shape index (κ2) is 10.0. The molecule has 4 rings (SSSR count). The van der Waals surface area contributed by atoms with Crippen LogP contribution in [0.25, 0.3) is 0 Å². The minimum atomic E-state index is -3.92. The molecule has 178 valence electrons. The molecule has 0 saturated heterocycles. The van der Waals surface area contributed by atoms with Gasteiger partial charge in [0.2, 0.25) is 5.91 Å². The Morgan fingerprint density at radius 1 is 0.912 bits per heavy atom. The molecule has 1 aliphatic carbocycles. The number of carbonyl (C=O) groups excluding carboxylic acids is 1. The van der Waals surface area contributed by atoms with Gasteiger partial charge in [-0.05, 0) is 98.5 Å². The van der Waals surface area contributed by atoms with Gasteiger partial charge >= 0.3 is 0 Å². The number of fused-ring (bicyclic) bond motifs is 1. The average molecular weight is 477 g/mol. The number of anilines is 1. The van der Waals surface area contributed by atoms with E-state index in [1.165, 1.54) is 28.3 Å². The number of benzene rings is 3. The predicted octanol–water partition coefficient (Wildman–Crippen LogP) is 5.25. The van der Waals surface area contributed by atoms with Gasteiger partial charge in [0.05, 0.1) is 16.6 Å². The Kier molecular flexibility index (Phi) is 7.08. The van der Waals surface area contributed by atoms with Gasteiger partial charge in [0.25, 0.3) is 10.0 Å². The Labute approximate surface area is 202 Å². The van der Waals surface area contributed by atoms with Crippen molar-refractivity contribution in [2.45, 2.75) is 57.4 Å². The Morgan fingerprint density at radius 3 is 2.24 bits per heavy atom. The van der Waals surface area contributed by atoms with Crippen LogP contribution in [0.4, 0.5) is 5.69 Å². The first kappa shape index (κ1) is 24.0. The van der Waals surface area contributed by atoms with Gasteiger partial charge in [-0.3, -0.25) is 9.10 Å². The maximum atomic E-state index is 13.6. The molecule has 0 fully saturated rings. The standard InChI is InChI=1S/C28H32N2O3S/c1-20-15-21(2)17-26(16-20)30(34(32,33)27-11-5-4-6-12-27)19-28(31)29-22(3)24-14-13-23-9-7-8-10-25(23)18-24/h4-6,11-18,22H,7-10,19H2,1-3H3,(H,29,31)/t22-/m1/s1. The molecule has 34 heavy (non-hydrogen) atoms. The fourth-order valence-corrected chi connectivity index (χ4v) is 6.08. The number of aryl methyl sites for hydroxylation is 4. The minimum Gasteiger partial charge on any atom is -0.348 e. The number of hydrogen-bond donors (Lipinski definition) is 1. The third-order valence-corrected chi connectivity index (χ3v) is 8.15. The molecule has 5 nitrogen and oxygen atoms in total. The van der Waals surface area contributed by atoms with Crippen LogP contribution in [0.2, 0.25) is 0 Å². The highest BCUT2D eigenvalue weighted by Gasteiger charge is 2.28. The summed E-state index contributed by atoms with van der Waals surface area (Å²) in [6, 6.07) is 20.0. The number of amides is 1. The molecule has 0 bridgehead atoms. The molecular weight excluding hydrogens is 444 g/mol. The summed E-state index contributed by atoms with van der Waals surface area (Å²) in [6.45, 7) is 5.48. The lowest BCUT2D eigenvalue weighted by Crippen LogP contribution is -2.41. The Morgan fingerprint density at radius 2 is 1.56 bits per heavy atom. The molecule has 3 aromatic rings. The normalized spacial score (nSPS) is 14.2. The molecule has 1 N–H and O–H groups in total. The molecule has 0 aliphatic heterocycles. The molecule has 6 heteroatoms. The Hall–Kier alpha value is -3.12. The van der Waals surface area contributed by atoms with Crippen LogP contribution in [0.15, 0.2) is 71.6 Å². The summed E-state index contributed by atoms with van der Waals surface area (Å²) in [6.07, 6.45) is 4.60. The second-order valence-corrected chi connectivity index (χ2v) is 11.1. The van der Waals surface area contributed by atoms with E-state index >= 15 is 0 Å². The molecular formula is C28H32N2O3S. The minimum absolute atomic E-state index is 0.157. The van der Waals surface area contributed by atoms with Crippen LogP contribution in [0, 0.1) is 13.8 Å². The van der Waals surface area contributed by atoms with Crippen LogP contribution < -0.4 is 9.62 Å². The molecule has 0 heterocycles. The fourth-order valence-electron chi connectivity index (χ4n) is 4.65. The quantitative estimate of drug-likeness (QED) is 0.506. The Balaban J connectivity index is 1.59. The smallest absolute Gasteiger partial charge is 0.264 e. The summed E-state index contributed by atoms with van der Waals surface area (Å²) < 4.78 is 28.3. The number of sulfonamides is 1. The molecule has 0 radical (unpaired) electrons. The number of nitrogens with one attached hydrogen (secondary N) is 1. The molecule has 3 aromatic carbocycles. The van der Waals surface area contributed by atoms with E-state index in [2.05, 4.69) is 23.5 Å². The largest absolute Gasteiger partial charge is 0.348 e. The molecule has 1 amide bonds. The van der Waals surface area contributed by atoms with Crippen molar-refractivity contribution < 1.29 is 13.2 Å². The summed E-state index contributed by atoms with van der Waals surface area (Å²) in [4.78, 5) is 13.3. The van der Waals surface area contributed by atoms with Gasteiger partial charge in [-0.15, -0.1) is 0 Å². The van der Waals surface area contributed by atoms with Gasteiger partial charge in [-0.25, -0.2) is 8.42 Å². The number of nitrogens with zero attached hydrogens (tertiary/aromatic N) is 1. The average Bonchev–Trinajstić information content (AvgIpc) is 2.82. The molecule has 0 unspecified atom stereocenters. The summed E-state index contributed by atoms with van der Waals surface area (Å²) in [5.41, 5.74) is 6.14. The van der Waals surface area contributed by atoms with Crippen LogP contribution in [-0.2, 0) is 27.7 Å². The van der Waals surface area contributed by atoms with Crippen molar-refractivity contribution in [1.29, 1.82) is 0 Å². The zero-order valence-electron chi connectivity index (χ0n) is 20.0. The van der Waals surface area contributed by atoms with Crippen molar-refractivity contribution in [1.82, 2.24) is 5.32 Å². The predicted molar refractivity (Wildman–Crippen MR) is 137 cm³/mol. The van der Waals surface area contributed by atoms with Crippen LogP contribution >= 0.6 is 0 Å². The highest BCUT2D eigenvalue weighted by Crippen LogP contribution is 2.27. The fraction of sp³-hybridized carbons (Fsp3) is 0.321. The van der Waals surface area contributed by atoms with Crippen LogP contribution in [0.5, 0.6) is 0 Å². The molecule has 0 saturated carbocycles. The van der Waals surface area contributed by atoms with Crippen molar-refractivity contribution in [2.24, 2.45) is 0 Å². The topological polar surface area (TPSA) is 66.5 Å². The van der Waals surface area contributed by atoms with E-state index in [0.717, 1.165) is 29.5 Å². The highest BCUT2D eigenvalue weighted by molar-refractivity contribution is 7.92. The highest BCUT2D eigenvalue weighted by atomic mass is 32.2. The van der Waals surface area contributed by atoms with E-state index in [4.69, 9.17) is 0 Å². The lowest BCUT2D eigenvalue weighted by molar-refractivity contribution is -0.120.